The molecule has 178 valence electrons. The molecule has 0 fully saturated rings. The van der Waals surface area contributed by atoms with Crippen LogP contribution in [0.25, 0.3) is 0 Å². The Kier molecular flexibility index (Phi) is 8.18. The molecule has 1 N–H and O–H groups in total. The van der Waals surface area contributed by atoms with E-state index in [1.807, 2.05) is 44.2 Å². The van der Waals surface area contributed by atoms with Crippen LogP contribution in [0.4, 0.5) is 0 Å². The molecule has 3 rings (SSSR count). The number of aryl methyl sites for hydroxylation is 2. The van der Waals surface area contributed by atoms with Crippen molar-refractivity contribution in [1.29, 1.82) is 0 Å². The summed E-state index contributed by atoms with van der Waals surface area (Å²) in [5.41, 5.74) is 5.34. The highest BCUT2D eigenvalue weighted by molar-refractivity contribution is 6.30. The predicted molar refractivity (Wildman–Crippen MR) is 135 cm³/mol. The zero-order chi connectivity index (χ0) is 24.7. The summed E-state index contributed by atoms with van der Waals surface area (Å²) >= 11 is 5.90. The van der Waals surface area contributed by atoms with Crippen molar-refractivity contribution in [3.8, 4) is 17.2 Å². The van der Waals surface area contributed by atoms with Gasteiger partial charge >= 0.3 is 0 Å². The molecular weight excluding hydrogens is 452 g/mol. The molecule has 0 saturated carbocycles. The van der Waals surface area contributed by atoms with Gasteiger partial charge in [-0.05, 0) is 99.0 Å². The molecule has 6 nitrogen and oxygen atoms in total. The molecule has 0 aromatic heterocycles. The lowest BCUT2D eigenvalue weighted by atomic mass is 10.1. The Labute approximate surface area is 205 Å². The number of carbonyl (C=O) groups excluding carboxylic acids is 1. The second kappa shape index (κ2) is 11.1. The van der Waals surface area contributed by atoms with Crippen molar-refractivity contribution >= 4 is 23.7 Å². The summed E-state index contributed by atoms with van der Waals surface area (Å²) in [6.07, 6.45) is 1.57. The number of carbonyl (C=O) groups is 1. The number of ether oxygens (including phenoxy) is 3. The van der Waals surface area contributed by atoms with Crippen LogP contribution in [0.5, 0.6) is 17.2 Å². The van der Waals surface area contributed by atoms with Gasteiger partial charge in [0.15, 0.2) is 5.60 Å². The normalized spacial score (nSPS) is 11.4. The Hall–Kier alpha value is -3.51. The van der Waals surface area contributed by atoms with E-state index in [9.17, 15) is 4.79 Å². The molecule has 3 aromatic rings. The van der Waals surface area contributed by atoms with Crippen molar-refractivity contribution in [2.75, 3.05) is 7.11 Å². The van der Waals surface area contributed by atoms with Crippen LogP contribution in [0.15, 0.2) is 65.8 Å². The molecule has 0 saturated heterocycles. The molecule has 34 heavy (non-hydrogen) atoms. The van der Waals surface area contributed by atoms with Crippen LogP contribution < -0.4 is 19.6 Å². The number of hydrazone groups is 1. The topological polar surface area (TPSA) is 69.2 Å². The molecule has 3 aromatic carbocycles. The van der Waals surface area contributed by atoms with Crippen LogP contribution in [0.3, 0.4) is 0 Å². The summed E-state index contributed by atoms with van der Waals surface area (Å²) in [6, 6.07) is 18.5. The number of rotatable bonds is 9. The molecular formula is C27H29ClN2O4. The minimum absolute atomic E-state index is 0.335. The van der Waals surface area contributed by atoms with Gasteiger partial charge in [0.1, 0.15) is 23.9 Å². The van der Waals surface area contributed by atoms with Crippen molar-refractivity contribution in [3.05, 3.63) is 87.9 Å². The van der Waals surface area contributed by atoms with Crippen LogP contribution in [0, 0.1) is 13.8 Å². The first-order valence-electron chi connectivity index (χ1n) is 10.8. The zero-order valence-electron chi connectivity index (χ0n) is 20.0. The molecule has 0 aliphatic carbocycles. The summed E-state index contributed by atoms with van der Waals surface area (Å²) in [7, 11) is 1.62. The van der Waals surface area contributed by atoms with Gasteiger partial charge in [-0.1, -0.05) is 17.7 Å². The molecule has 0 spiro atoms. The highest BCUT2D eigenvalue weighted by atomic mass is 35.5. The van der Waals surface area contributed by atoms with Gasteiger partial charge in [-0.25, -0.2) is 5.43 Å². The lowest BCUT2D eigenvalue weighted by Crippen LogP contribution is -2.44. The van der Waals surface area contributed by atoms with Gasteiger partial charge in [0.2, 0.25) is 0 Å². The number of hydrogen-bond acceptors (Lipinski definition) is 5. The first-order chi connectivity index (χ1) is 16.2. The molecule has 0 aliphatic heterocycles. The Morgan fingerprint density at radius 1 is 1.00 bits per heavy atom. The van der Waals surface area contributed by atoms with Gasteiger partial charge in [0, 0.05) is 10.6 Å². The van der Waals surface area contributed by atoms with Crippen molar-refractivity contribution in [2.45, 2.75) is 39.9 Å². The predicted octanol–water partition coefficient (Wildman–Crippen LogP) is 5.85. The Balaban J connectivity index is 1.64. The number of benzene rings is 3. The minimum atomic E-state index is -1.13. The number of methoxy groups -OCH3 is 1. The molecule has 0 heterocycles. The second-order valence-electron chi connectivity index (χ2n) is 8.45. The van der Waals surface area contributed by atoms with Crippen molar-refractivity contribution in [1.82, 2.24) is 5.43 Å². The van der Waals surface area contributed by atoms with E-state index in [0.717, 1.165) is 28.0 Å². The molecule has 7 heteroatoms. The number of nitrogens with zero attached hydrogens (tertiary/aromatic N) is 1. The number of nitrogens with one attached hydrogen (secondary N) is 1. The van der Waals surface area contributed by atoms with Gasteiger partial charge < -0.3 is 14.2 Å². The molecule has 0 atom stereocenters. The largest absolute Gasteiger partial charge is 0.496 e. The average molecular weight is 481 g/mol. The van der Waals surface area contributed by atoms with Crippen LogP contribution in [-0.4, -0.2) is 24.8 Å². The lowest BCUT2D eigenvalue weighted by molar-refractivity contribution is -0.134. The van der Waals surface area contributed by atoms with Crippen molar-refractivity contribution in [3.63, 3.8) is 0 Å². The monoisotopic (exact) mass is 480 g/mol. The summed E-state index contributed by atoms with van der Waals surface area (Å²) < 4.78 is 17.2. The zero-order valence-corrected chi connectivity index (χ0v) is 20.8. The van der Waals surface area contributed by atoms with E-state index in [1.54, 1.807) is 51.4 Å². The first kappa shape index (κ1) is 25.1. The third-order valence-electron chi connectivity index (χ3n) is 5.01. The Morgan fingerprint density at radius 3 is 2.32 bits per heavy atom. The van der Waals surface area contributed by atoms with E-state index in [4.69, 9.17) is 25.8 Å². The highest BCUT2D eigenvalue weighted by Crippen LogP contribution is 2.24. The van der Waals surface area contributed by atoms with Crippen molar-refractivity contribution < 1.29 is 19.0 Å². The standard InChI is InChI=1S/C27H29ClN2O4/c1-18-12-19(2)14-24(13-18)33-17-21-15-20(6-11-25(21)32-5)16-29-30-26(31)27(3,4)34-23-9-7-22(28)8-10-23/h6-16H,17H2,1-5H3,(H,30,31). The maximum Gasteiger partial charge on any atom is 0.283 e. The molecule has 1 amide bonds. The smallest absolute Gasteiger partial charge is 0.283 e. The van der Waals surface area contributed by atoms with Gasteiger partial charge in [0.05, 0.1) is 13.3 Å². The average Bonchev–Trinajstić information content (AvgIpc) is 2.78. The van der Waals surface area contributed by atoms with E-state index in [0.29, 0.717) is 23.1 Å². The number of hydrogen-bond donors (Lipinski definition) is 1. The summed E-state index contributed by atoms with van der Waals surface area (Å²) in [4.78, 5) is 12.6. The molecule has 0 radical (unpaired) electrons. The fraction of sp³-hybridized carbons (Fsp3) is 0.259. The first-order valence-corrected chi connectivity index (χ1v) is 11.2. The summed E-state index contributed by atoms with van der Waals surface area (Å²) in [5, 5.41) is 4.69. The highest BCUT2D eigenvalue weighted by Gasteiger charge is 2.29. The van der Waals surface area contributed by atoms with Gasteiger partial charge in [0.25, 0.3) is 5.91 Å². The van der Waals surface area contributed by atoms with Gasteiger partial charge in [-0.15, -0.1) is 0 Å². The summed E-state index contributed by atoms with van der Waals surface area (Å²) in [6.45, 7) is 7.74. The lowest BCUT2D eigenvalue weighted by Gasteiger charge is -2.24. The molecule has 0 unspecified atom stereocenters. The van der Waals surface area contributed by atoms with E-state index >= 15 is 0 Å². The maximum absolute atomic E-state index is 12.6. The van der Waals surface area contributed by atoms with Gasteiger partial charge in [-0.3, -0.25) is 4.79 Å². The third-order valence-corrected chi connectivity index (χ3v) is 5.26. The third kappa shape index (κ3) is 6.99. The van der Waals surface area contributed by atoms with E-state index in [1.165, 1.54) is 0 Å². The number of halogens is 1. The quantitative estimate of drug-likeness (QED) is 0.308. The number of amides is 1. The Bertz CT molecular complexity index is 1150. The van der Waals surface area contributed by atoms with E-state index in [-0.39, 0.29) is 5.91 Å². The summed E-state index contributed by atoms with van der Waals surface area (Å²) in [5.74, 6) is 1.67. The van der Waals surface area contributed by atoms with E-state index < -0.39 is 5.60 Å². The molecule has 0 aliphatic rings. The Morgan fingerprint density at radius 2 is 1.68 bits per heavy atom. The van der Waals surface area contributed by atoms with Crippen molar-refractivity contribution in [2.24, 2.45) is 5.10 Å². The molecule has 0 bridgehead atoms. The van der Waals surface area contributed by atoms with Crippen LogP contribution >= 0.6 is 11.6 Å². The van der Waals surface area contributed by atoms with Gasteiger partial charge in [-0.2, -0.15) is 5.10 Å². The fourth-order valence-corrected chi connectivity index (χ4v) is 3.44. The van der Waals surface area contributed by atoms with Crippen LogP contribution in [0.2, 0.25) is 5.02 Å². The second-order valence-corrected chi connectivity index (χ2v) is 8.89. The SMILES string of the molecule is COc1ccc(C=NNC(=O)C(C)(C)Oc2ccc(Cl)cc2)cc1COc1cc(C)cc(C)c1. The fourth-order valence-electron chi connectivity index (χ4n) is 3.31. The van der Waals surface area contributed by atoms with E-state index in [2.05, 4.69) is 16.6 Å². The maximum atomic E-state index is 12.6. The van der Waals surface area contributed by atoms with Crippen LogP contribution in [-0.2, 0) is 11.4 Å². The van der Waals surface area contributed by atoms with Crippen LogP contribution in [0.1, 0.15) is 36.1 Å². The minimum Gasteiger partial charge on any atom is -0.496 e.